The topological polar surface area (TPSA) is 83.0 Å². The van der Waals surface area contributed by atoms with Gasteiger partial charge in [0, 0.05) is 12.3 Å². The molecule has 0 aliphatic carbocycles. The Morgan fingerprint density at radius 2 is 1.86 bits per heavy atom. The summed E-state index contributed by atoms with van der Waals surface area (Å²) >= 11 is 0. The van der Waals surface area contributed by atoms with E-state index >= 15 is 0 Å². The fourth-order valence-corrected chi connectivity index (χ4v) is 2.84. The van der Waals surface area contributed by atoms with Gasteiger partial charge in [-0.3, -0.25) is 4.79 Å². The Hall–Kier alpha value is -3.74. The van der Waals surface area contributed by atoms with Gasteiger partial charge in [0.05, 0.1) is 18.4 Å². The first-order valence-electron chi connectivity index (χ1n) is 8.86. The summed E-state index contributed by atoms with van der Waals surface area (Å²) in [5, 5.41) is 8.38. The van der Waals surface area contributed by atoms with E-state index in [1.165, 1.54) is 11.6 Å². The molecular formula is C21H18N4O3. The second-order valence-corrected chi connectivity index (χ2v) is 6.12. The second kappa shape index (κ2) is 7.48. The van der Waals surface area contributed by atoms with Crippen molar-refractivity contribution in [3.63, 3.8) is 0 Å². The zero-order valence-electron chi connectivity index (χ0n) is 15.5. The summed E-state index contributed by atoms with van der Waals surface area (Å²) in [6.45, 7) is 2.10. The number of aromatic nitrogens is 4. The van der Waals surface area contributed by atoms with Crippen LogP contribution in [-0.2, 0) is 6.42 Å². The van der Waals surface area contributed by atoms with E-state index in [0.29, 0.717) is 17.1 Å². The number of hydrogen-bond donors (Lipinski definition) is 0. The molecule has 28 heavy (non-hydrogen) atoms. The molecule has 2 aromatic heterocycles. The molecule has 0 bridgehead atoms. The van der Waals surface area contributed by atoms with E-state index in [4.69, 9.17) is 9.26 Å². The van der Waals surface area contributed by atoms with Crippen LogP contribution in [-0.4, -0.2) is 27.0 Å². The van der Waals surface area contributed by atoms with Gasteiger partial charge in [-0.2, -0.15) is 10.1 Å². The fraction of sp³-hybridized carbons (Fsp3) is 0.143. The average molecular weight is 374 g/mol. The minimum Gasteiger partial charge on any atom is -0.496 e. The van der Waals surface area contributed by atoms with Crippen LogP contribution in [0.3, 0.4) is 0 Å². The number of ether oxygens (including phenoxy) is 1. The molecule has 0 atom stereocenters. The number of para-hydroxylation sites is 1. The monoisotopic (exact) mass is 374 g/mol. The fourth-order valence-electron chi connectivity index (χ4n) is 2.84. The standard InChI is InChI=1S/C21H18N4O3/c1-3-14-8-10-15(11-9-14)25-13-12-17(26)19(23-25)21-22-20(24-28-21)16-6-4-5-7-18(16)27-2/h4-13H,3H2,1-2H3. The van der Waals surface area contributed by atoms with E-state index in [2.05, 4.69) is 22.2 Å². The van der Waals surface area contributed by atoms with Crippen molar-refractivity contribution in [2.75, 3.05) is 7.11 Å². The van der Waals surface area contributed by atoms with Crippen LogP contribution >= 0.6 is 0 Å². The molecule has 2 heterocycles. The first-order chi connectivity index (χ1) is 13.7. The summed E-state index contributed by atoms with van der Waals surface area (Å²) in [5.41, 5.74) is 2.53. The van der Waals surface area contributed by atoms with Crippen LogP contribution in [0.2, 0.25) is 0 Å². The number of benzene rings is 2. The molecule has 7 heteroatoms. The third-order valence-electron chi connectivity index (χ3n) is 4.39. The zero-order valence-corrected chi connectivity index (χ0v) is 15.5. The molecule has 0 N–H and O–H groups in total. The first kappa shape index (κ1) is 17.7. The van der Waals surface area contributed by atoms with Crippen molar-refractivity contribution < 1.29 is 9.26 Å². The van der Waals surface area contributed by atoms with Crippen LogP contribution in [0.1, 0.15) is 12.5 Å². The Balaban J connectivity index is 1.73. The molecule has 0 fully saturated rings. The maximum Gasteiger partial charge on any atom is 0.282 e. The predicted octanol–water partition coefficient (Wildman–Crippen LogP) is 3.52. The Kier molecular flexibility index (Phi) is 4.72. The van der Waals surface area contributed by atoms with Crippen molar-refractivity contribution in [2.45, 2.75) is 13.3 Å². The Morgan fingerprint density at radius 1 is 1.07 bits per heavy atom. The molecule has 4 rings (SSSR count). The van der Waals surface area contributed by atoms with E-state index in [0.717, 1.165) is 12.1 Å². The van der Waals surface area contributed by atoms with Gasteiger partial charge in [-0.05, 0) is 36.2 Å². The van der Waals surface area contributed by atoms with Crippen molar-refractivity contribution >= 4 is 0 Å². The summed E-state index contributed by atoms with van der Waals surface area (Å²) in [7, 11) is 1.57. The number of rotatable bonds is 5. The van der Waals surface area contributed by atoms with Gasteiger partial charge in [0.2, 0.25) is 11.3 Å². The van der Waals surface area contributed by atoms with Crippen molar-refractivity contribution in [2.24, 2.45) is 0 Å². The molecule has 2 aromatic carbocycles. The normalized spacial score (nSPS) is 10.8. The van der Waals surface area contributed by atoms with Crippen molar-refractivity contribution in [3.05, 3.63) is 76.6 Å². The predicted molar refractivity (Wildman–Crippen MR) is 104 cm³/mol. The van der Waals surface area contributed by atoms with Gasteiger partial charge >= 0.3 is 0 Å². The SMILES string of the molecule is CCc1ccc(-n2ccc(=O)c(-c3nc(-c4ccccc4OC)no3)n2)cc1. The Bertz CT molecular complexity index is 1160. The minimum absolute atomic E-state index is 0.0606. The molecule has 140 valence electrons. The zero-order chi connectivity index (χ0) is 19.5. The van der Waals surface area contributed by atoms with Crippen molar-refractivity contribution in [3.8, 4) is 34.4 Å². The van der Waals surface area contributed by atoms with Gasteiger partial charge < -0.3 is 9.26 Å². The second-order valence-electron chi connectivity index (χ2n) is 6.12. The highest BCUT2D eigenvalue weighted by molar-refractivity contribution is 5.65. The molecule has 0 amide bonds. The van der Waals surface area contributed by atoms with Gasteiger partial charge in [-0.1, -0.05) is 36.3 Å². The molecule has 0 radical (unpaired) electrons. The van der Waals surface area contributed by atoms with Gasteiger partial charge in [0.25, 0.3) is 5.89 Å². The average Bonchev–Trinajstić information content (AvgIpc) is 3.24. The summed E-state index contributed by atoms with van der Waals surface area (Å²) in [6.07, 6.45) is 2.57. The number of aryl methyl sites for hydroxylation is 1. The third kappa shape index (κ3) is 3.29. The lowest BCUT2D eigenvalue weighted by Gasteiger charge is -2.06. The van der Waals surface area contributed by atoms with Gasteiger partial charge in [0.1, 0.15) is 5.75 Å². The lowest BCUT2D eigenvalue weighted by molar-refractivity contribution is 0.413. The van der Waals surface area contributed by atoms with Crippen LogP contribution in [0.25, 0.3) is 28.7 Å². The van der Waals surface area contributed by atoms with Crippen LogP contribution in [0.5, 0.6) is 5.75 Å². The Morgan fingerprint density at radius 3 is 2.61 bits per heavy atom. The van der Waals surface area contributed by atoms with Crippen LogP contribution in [0.4, 0.5) is 0 Å². The highest BCUT2D eigenvalue weighted by Gasteiger charge is 2.18. The van der Waals surface area contributed by atoms with E-state index in [1.807, 2.05) is 42.5 Å². The molecule has 0 saturated heterocycles. The molecule has 0 saturated carbocycles. The van der Waals surface area contributed by atoms with Crippen LogP contribution in [0.15, 0.2) is 70.1 Å². The van der Waals surface area contributed by atoms with Crippen molar-refractivity contribution in [1.29, 1.82) is 0 Å². The van der Waals surface area contributed by atoms with Crippen LogP contribution in [0, 0.1) is 0 Å². The maximum absolute atomic E-state index is 12.3. The minimum atomic E-state index is -0.295. The molecule has 0 aliphatic rings. The molecule has 4 aromatic rings. The summed E-state index contributed by atoms with van der Waals surface area (Å²) in [4.78, 5) is 16.7. The van der Waals surface area contributed by atoms with E-state index in [9.17, 15) is 4.79 Å². The summed E-state index contributed by atoms with van der Waals surface area (Å²) < 4.78 is 12.3. The number of nitrogens with zero attached hydrogens (tertiary/aromatic N) is 4. The molecule has 0 unspecified atom stereocenters. The first-order valence-corrected chi connectivity index (χ1v) is 8.86. The smallest absolute Gasteiger partial charge is 0.282 e. The number of methoxy groups -OCH3 is 1. The quantitative estimate of drug-likeness (QED) is 0.531. The van der Waals surface area contributed by atoms with Gasteiger partial charge in [0.15, 0.2) is 5.69 Å². The van der Waals surface area contributed by atoms with Crippen LogP contribution < -0.4 is 10.2 Å². The highest BCUT2D eigenvalue weighted by atomic mass is 16.5. The highest BCUT2D eigenvalue weighted by Crippen LogP contribution is 2.28. The third-order valence-corrected chi connectivity index (χ3v) is 4.39. The molecule has 0 spiro atoms. The van der Waals surface area contributed by atoms with Gasteiger partial charge in [-0.15, -0.1) is 0 Å². The van der Waals surface area contributed by atoms with Crippen molar-refractivity contribution in [1.82, 2.24) is 19.9 Å². The van der Waals surface area contributed by atoms with E-state index in [1.54, 1.807) is 24.1 Å². The maximum atomic E-state index is 12.3. The summed E-state index contributed by atoms with van der Waals surface area (Å²) in [5.74, 6) is 1.01. The lowest BCUT2D eigenvalue weighted by atomic mass is 10.1. The molecule has 0 aliphatic heterocycles. The van der Waals surface area contributed by atoms with Gasteiger partial charge in [-0.25, -0.2) is 4.68 Å². The number of hydrogen-bond acceptors (Lipinski definition) is 6. The summed E-state index contributed by atoms with van der Waals surface area (Å²) in [6, 6.07) is 16.7. The lowest BCUT2D eigenvalue weighted by Crippen LogP contribution is -2.12. The van der Waals surface area contributed by atoms with E-state index in [-0.39, 0.29) is 17.0 Å². The Labute approximate surface area is 161 Å². The molecule has 7 nitrogen and oxygen atoms in total. The van der Waals surface area contributed by atoms with E-state index < -0.39 is 0 Å². The largest absolute Gasteiger partial charge is 0.496 e. The molecular weight excluding hydrogens is 356 g/mol.